The largest absolute Gasteiger partial charge is 0.492 e. The van der Waals surface area contributed by atoms with Crippen LogP contribution in [0.15, 0.2) is 35.2 Å². The molecule has 0 aliphatic carbocycles. The molecule has 1 aromatic rings. The first-order chi connectivity index (χ1) is 9.45. The molecular weight excluding hydrogens is 291 g/mol. The normalized spacial score (nSPS) is 20.1. The number of halogens is 3. The third-order valence-electron chi connectivity index (χ3n) is 2.92. The van der Waals surface area contributed by atoms with Crippen LogP contribution in [-0.4, -0.2) is 36.1 Å². The van der Waals surface area contributed by atoms with Gasteiger partial charge in [0.2, 0.25) is 0 Å². The monoisotopic (exact) mass is 305 g/mol. The quantitative estimate of drug-likeness (QED) is 0.799. The van der Waals surface area contributed by atoms with Gasteiger partial charge < -0.3 is 4.84 Å². The minimum Gasteiger partial charge on any atom is -0.361 e. The Morgan fingerprint density at radius 1 is 1.35 bits per heavy atom. The summed E-state index contributed by atoms with van der Waals surface area (Å²) in [6.45, 7) is 0.698. The Kier molecular flexibility index (Phi) is 4.93. The SMILES string of the molecule is O=C(ON1CCC(CSc2ccccc2)C1)C(F)(F)F. The topological polar surface area (TPSA) is 29.5 Å². The molecule has 110 valence electrons. The van der Waals surface area contributed by atoms with Gasteiger partial charge in [0.15, 0.2) is 0 Å². The predicted molar refractivity (Wildman–Crippen MR) is 69.0 cm³/mol. The van der Waals surface area contributed by atoms with Crippen LogP contribution < -0.4 is 0 Å². The zero-order chi connectivity index (χ0) is 14.6. The van der Waals surface area contributed by atoms with Crippen LogP contribution in [0.1, 0.15) is 6.42 Å². The van der Waals surface area contributed by atoms with Crippen molar-refractivity contribution < 1.29 is 22.8 Å². The minimum atomic E-state index is -4.93. The average molecular weight is 305 g/mol. The Bertz CT molecular complexity index is 453. The molecule has 2 rings (SSSR count). The molecule has 0 aromatic heterocycles. The van der Waals surface area contributed by atoms with Gasteiger partial charge in [0.05, 0.1) is 0 Å². The van der Waals surface area contributed by atoms with E-state index in [1.807, 2.05) is 30.3 Å². The van der Waals surface area contributed by atoms with E-state index in [-0.39, 0.29) is 5.92 Å². The summed E-state index contributed by atoms with van der Waals surface area (Å²) in [6.07, 6.45) is -4.21. The number of hydrogen-bond donors (Lipinski definition) is 0. The Hall–Kier alpha value is -1.21. The molecule has 0 radical (unpaired) electrons. The number of thioether (sulfide) groups is 1. The molecule has 1 aliphatic rings. The summed E-state index contributed by atoms with van der Waals surface area (Å²) in [5.41, 5.74) is 0. The number of alkyl halides is 3. The van der Waals surface area contributed by atoms with E-state index >= 15 is 0 Å². The molecule has 1 unspecified atom stereocenters. The fourth-order valence-corrected chi connectivity index (χ4v) is 2.97. The van der Waals surface area contributed by atoms with Crippen molar-refractivity contribution in [3.63, 3.8) is 0 Å². The third kappa shape index (κ3) is 4.42. The first-order valence-electron chi connectivity index (χ1n) is 6.17. The van der Waals surface area contributed by atoms with E-state index in [9.17, 15) is 18.0 Å². The van der Waals surface area contributed by atoms with E-state index in [1.165, 1.54) is 0 Å². The van der Waals surface area contributed by atoms with E-state index in [1.54, 1.807) is 11.8 Å². The fourth-order valence-electron chi connectivity index (χ4n) is 1.92. The lowest BCUT2D eigenvalue weighted by Gasteiger charge is -2.16. The van der Waals surface area contributed by atoms with Crippen molar-refractivity contribution in [1.82, 2.24) is 5.06 Å². The summed E-state index contributed by atoms with van der Waals surface area (Å²) < 4.78 is 36.2. The number of carbonyl (C=O) groups excluding carboxylic acids is 1. The highest BCUT2D eigenvalue weighted by Crippen LogP contribution is 2.27. The van der Waals surface area contributed by atoms with E-state index in [4.69, 9.17) is 0 Å². The number of benzene rings is 1. The highest BCUT2D eigenvalue weighted by Gasteiger charge is 2.43. The van der Waals surface area contributed by atoms with Gasteiger partial charge in [-0.15, -0.1) is 16.8 Å². The maximum Gasteiger partial charge on any atom is 0.492 e. The van der Waals surface area contributed by atoms with Crippen LogP contribution in [-0.2, 0) is 9.63 Å². The molecule has 1 aromatic carbocycles. The van der Waals surface area contributed by atoms with Gasteiger partial charge in [0, 0.05) is 23.7 Å². The van der Waals surface area contributed by atoms with Crippen LogP contribution >= 0.6 is 11.8 Å². The molecule has 1 aliphatic heterocycles. The summed E-state index contributed by atoms with van der Waals surface area (Å²) in [5, 5.41) is 1.10. The highest BCUT2D eigenvalue weighted by molar-refractivity contribution is 7.99. The molecule has 1 atom stereocenters. The number of rotatable bonds is 4. The minimum absolute atomic E-state index is 0.223. The Morgan fingerprint density at radius 3 is 2.70 bits per heavy atom. The number of hydrogen-bond acceptors (Lipinski definition) is 4. The van der Waals surface area contributed by atoms with Crippen molar-refractivity contribution in [3.8, 4) is 0 Å². The van der Waals surface area contributed by atoms with E-state index in [2.05, 4.69) is 4.84 Å². The third-order valence-corrected chi connectivity index (χ3v) is 4.16. The maximum atomic E-state index is 12.1. The zero-order valence-electron chi connectivity index (χ0n) is 10.6. The van der Waals surface area contributed by atoms with Crippen molar-refractivity contribution in [2.24, 2.45) is 5.92 Å². The maximum absolute atomic E-state index is 12.1. The zero-order valence-corrected chi connectivity index (χ0v) is 11.4. The van der Waals surface area contributed by atoms with Gasteiger partial charge >= 0.3 is 12.1 Å². The van der Waals surface area contributed by atoms with Gasteiger partial charge in [-0.2, -0.15) is 13.2 Å². The van der Waals surface area contributed by atoms with Gasteiger partial charge in [-0.1, -0.05) is 18.2 Å². The summed E-state index contributed by atoms with van der Waals surface area (Å²) in [7, 11) is 0. The lowest BCUT2D eigenvalue weighted by Crippen LogP contribution is -2.33. The molecule has 20 heavy (non-hydrogen) atoms. The van der Waals surface area contributed by atoms with Gasteiger partial charge in [0.1, 0.15) is 0 Å². The first kappa shape index (κ1) is 15.2. The van der Waals surface area contributed by atoms with Crippen LogP contribution in [0.2, 0.25) is 0 Å². The summed E-state index contributed by atoms with van der Waals surface area (Å²) in [5.74, 6) is -1.13. The molecule has 7 heteroatoms. The molecule has 3 nitrogen and oxygen atoms in total. The molecular formula is C13H14F3NO2S. The van der Waals surface area contributed by atoms with E-state index in [0.29, 0.717) is 13.1 Å². The van der Waals surface area contributed by atoms with Crippen LogP contribution in [0, 0.1) is 5.92 Å². The smallest absolute Gasteiger partial charge is 0.361 e. The number of nitrogens with zero attached hydrogens (tertiary/aromatic N) is 1. The van der Waals surface area contributed by atoms with E-state index < -0.39 is 12.1 Å². The molecule has 0 saturated carbocycles. The van der Waals surface area contributed by atoms with Crippen LogP contribution in [0.4, 0.5) is 13.2 Å². The van der Waals surface area contributed by atoms with Crippen LogP contribution in [0.3, 0.4) is 0 Å². The molecule has 1 fully saturated rings. The van der Waals surface area contributed by atoms with Gasteiger partial charge in [-0.3, -0.25) is 0 Å². The fraction of sp³-hybridized carbons (Fsp3) is 0.462. The second-order valence-electron chi connectivity index (χ2n) is 4.54. The number of carbonyl (C=O) groups is 1. The second kappa shape index (κ2) is 6.49. The average Bonchev–Trinajstić information content (AvgIpc) is 2.84. The van der Waals surface area contributed by atoms with Crippen LogP contribution in [0.5, 0.6) is 0 Å². The number of hydroxylamine groups is 2. The van der Waals surface area contributed by atoms with E-state index in [0.717, 1.165) is 22.1 Å². The molecule has 0 N–H and O–H groups in total. The van der Waals surface area contributed by atoms with Crippen molar-refractivity contribution in [2.75, 3.05) is 18.8 Å². The molecule has 0 spiro atoms. The van der Waals surface area contributed by atoms with Gasteiger partial charge in [0.25, 0.3) is 0 Å². The molecule has 0 amide bonds. The van der Waals surface area contributed by atoms with Crippen LogP contribution in [0.25, 0.3) is 0 Å². The Balaban J connectivity index is 1.74. The lowest BCUT2D eigenvalue weighted by molar-refractivity contribution is -0.235. The molecule has 0 bridgehead atoms. The summed E-state index contributed by atoms with van der Waals surface area (Å²) >= 11 is 1.65. The van der Waals surface area contributed by atoms with Gasteiger partial charge in [-0.25, -0.2) is 4.79 Å². The molecule has 1 heterocycles. The Labute approximate surface area is 119 Å². The Morgan fingerprint density at radius 2 is 2.05 bits per heavy atom. The van der Waals surface area contributed by atoms with Crippen molar-refractivity contribution >= 4 is 17.7 Å². The van der Waals surface area contributed by atoms with Crippen molar-refractivity contribution in [3.05, 3.63) is 30.3 Å². The predicted octanol–water partition coefficient (Wildman–Crippen LogP) is 3.12. The van der Waals surface area contributed by atoms with Crippen molar-refractivity contribution in [1.29, 1.82) is 0 Å². The summed E-state index contributed by atoms with van der Waals surface area (Å²) in [4.78, 5) is 16.2. The standard InChI is InChI=1S/C13H14F3NO2S/c14-13(15,16)12(18)19-17-7-6-10(8-17)9-20-11-4-2-1-3-5-11/h1-5,10H,6-9H2. The lowest BCUT2D eigenvalue weighted by atomic mass is 10.2. The highest BCUT2D eigenvalue weighted by atomic mass is 32.2. The van der Waals surface area contributed by atoms with Crippen molar-refractivity contribution in [2.45, 2.75) is 17.5 Å². The molecule has 1 saturated heterocycles. The second-order valence-corrected chi connectivity index (χ2v) is 5.64. The van der Waals surface area contributed by atoms with Gasteiger partial charge in [-0.05, 0) is 24.5 Å². The summed E-state index contributed by atoms with van der Waals surface area (Å²) in [6, 6.07) is 9.78. The first-order valence-corrected chi connectivity index (χ1v) is 7.15.